The molecule has 0 aliphatic carbocycles. The first-order chi connectivity index (χ1) is 44.4. The van der Waals surface area contributed by atoms with Crippen LogP contribution in [0, 0.1) is 13.8 Å². The highest BCUT2D eigenvalue weighted by atomic mass is 35.5. The topological polar surface area (TPSA) is 246 Å². The number of H-pyrrole nitrogens is 2. The summed E-state index contributed by atoms with van der Waals surface area (Å²) in [6.45, 7) is 12.3. The number of fused-ring (bicyclic) bond motifs is 12. The van der Waals surface area contributed by atoms with E-state index in [9.17, 15) is 44.1 Å². The van der Waals surface area contributed by atoms with Crippen molar-refractivity contribution in [1.82, 2.24) is 9.97 Å². The molecule has 0 saturated carbocycles. The Kier molecular flexibility index (Phi) is 17.7. The Morgan fingerprint density at radius 2 is 0.882 bits per heavy atom. The molecule has 0 unspecified atom stereocenters. The summed E-state index contributed by atoms with van der Waals surface area (Å²) in [5, 5.41) is 45.9. The standard InChI is InChI=1S/C31H25Cl2N3O4S.C21H16ClNO5S.C17H21ClN2O3/c1-15-12-34-29-23(38)9-21-28(26(15)29)17(11-33)14-36(21)31(40)25-7-6-24(41-25)30(39)35-13-16(10-32)27-19-5-3-2-4-18(19)22(37)8-20(27)35;1-11(24)28-16-8-15-19(14-5-3-2-4-13(14)16)12(9-22)10-23(15)20(25)17-6-7-18(29-17)21(26)27;1-9-7-19-15-12(21)5-11-14(13(9)15)10(6-18)8-20(11)16(22)23-17(2,3)4/h2-9,12,16-17,34,37-38H,10-11,13-14H2,1H3;2-8,12H,9-10H2,1H3,(H,26,27);5,7,10,19,21H,6,8H2,1-4H3/t16-,17-;12-;10-/m111/s1. The summed E-state index contributed by atoms with van der Waals surface area (Å²) in [5.41, 5.74) is 9.12. The van der Waals surface area contributed by atoms with Crippen molar-refractivity contribution in [2.24, 2.45) is 0 Å². The van der Waals surface area contributed by atoms with Gasteiger partial charge >= 0.3 is 18.0 Å². The number of anilines is 4. The normalized spacial score (nSPS) is 17.1. The third-order valence-corrected chi connectivity index (χ3v) is 20.8. The molecule has 480 valence electrons. The predicted octanol–water partition coefficient (Wildman–Crippen LogP) is 15.8. The van der Waals surface area contributed by atoms with Crippen molar-refractivity contribution in [2.45, 2.75) is 70.8 Å². The summed E-state index contributed by atoms with van der Waals surface area (Å²) in [5.74, 6) is -0.552. The average molecular weight is 1370 g/mol. The summed E-state index contributed by atoms with van der Waals surface area (Å²) in [6, 6.07) is 27.9. The number of halogens is 4. The molecule has 0 saturated heterocycles. The van der Waals surface area contributed by atoms with E-state index in [1.54, 1.807) is 56.0 Å². The predicted molar refractivity (Wildman–Crippen MR) is 368 cm³/mol. The number of thiophene rings is 2. The van der Waals surface area contributed by atoms with E-state index in [2.05, 4.69) is 9.97 Å². The Balaban J connectivity index is 0.000000141. The van der Waals surface area contributed by atoms with Gasteiger partial charge in [-0.25, -0.2) is 9.59 Å². The van der Waals surface area contributed by atoms with Crippen LogP contribution in [-0.2, 0) is 9.53 Å². The highest BCUT2D eigenvalue weighted by Gasteiger charge is 2.41. The van der Waals surface area contributed by atoms with Crippen molar-refractivity contribution in [2.75, 3.05) is 69.3 Å². The number of carboxylic acids is 1. The van der Waals surface area contributed by atoms with E-state index >= 15 is 0 Å². The van der Waals surface area contributed by atoms with Crippen LogP contribution in [0.15, 0.2) is 109 Å². The number of aromatic amines is 2. The second-order valence-corrected chi connectivity index (χ2v) is 27.7. The number of benzene rings is 6. The second kappa shape index (κ2) is 25.4. The number of phenolic OH excluding ortho intramolecular Hbond substituents is 3. The SMILES string of the molecule is CC(=O)Oc1cc2c(c3ccccc13)[C@H](CCl)CN2C(=O)c1ccc(C(=O)O)s1.Cc1c[nH]c2c(O)cc3c(c12)[C@H](CCl)CN3C(=O)OC(C)(C)C.Cc1c[nH]c2c(O)cc3c(c12)[C@H](CCl)CN3C(=O)c1ccc(C(=O)N2C[C@@H](CCl)c3c2cc(O)c2ccccc32)s1. The molecule has 4 aromatic heterocycles. The zero-order valence-electron chi connectivity index (χ0n) is 51.0. The maximum absolute atomic E-state index is 13.8. The number of alkyl halides is 4. The van der Waals surface area contributed by atoms with Crippen LogP contribution in [0.4, 0.5) is 27.5 Å². The number of hydrogen-bond donors (Lipinski definition) is 6. The van der Waals surface area contributed by atoms with Crippen LogP contribution >= 0.6 is 69.1 Å². The zero-order chi connectivity index (χ0) is 66.2. The number of ether oxygens (including phenoxy) is 2. The quantitative estimate of drug-likeness (QED) is 0.0449. The molecule has 4 aliphatic rings. The van der Waals surface area contributed by atoms with E-state index < -0.39 is 23.6 Å². The number of nitrogens with one attached hydrogen (secondary N) is 2. The van der Waals surface area contributed by atoms with Crippen molar-refractivity contribution in [3.05, 3.63) is 162 Å². The Labute approximate surface area is 561 Å². The molecular formula is C69H62Cl4N6O12S2. The van der Waals surface area contributed by atoms with Gasteiger partial charge in [0.15, 0.2) is 0 Å². The molecule has 18 nitrogen and oxygen atoms in total. The summed E-state index contributed by atoms with van der Waals surface area (Å²) in [6.07, 6.45) is 3.27. The minimum Gasteiger partial charge on any atom is -0.507 e. The average Bonchev–Trinajstić information content (AvgIpc) is 1.66. The smallest absolute Gasteiger partial charge is 0.414 e. The first-order valence-corrected chi connectivity index (χ1v) is 33.5. The molecule has 0 spiro atoms. The minimum atomic E-state index is -1.07. The Bertz CT molecular complexity index is 4720. The lowest BCUT2D eigenvalue weighted by molar-refractivity contribution is -0.131. The van der Waals surface area contributed by atoms with Gasteiger partial charge in [-0.1, -0.05) is 48.5 Å². The van der Waals surface area contributed by atoms with Crippen molar-refractivity contribution in [1.29, 1.82) is 0 Å². The molecule has 14 rings (SSSR count). The first kappa shape index (κ1) is 64.6. The van der Waals surface area contributed by atoms with Crippen molar-refractivity contribution < 1.29 is 58.7 Å². The number of aromatic hydroxyl groups is 3. The maximum Gasteiger partial charge on any atom is 0.414 e. The van der Waals surface area contributed by atoms with Crippen molar-refractivity contribution in [3.8, 4) is 23.0 Å². The van der Waals surface area contributed by atoms with Gasteiger partial charge in [0.25, 0.3) is 17.7 Å². The van der Waals surface area contributed by atoms with Gasteiger partial charge in [-0.15, -0.1) is 69.1 Å². The third kappa shape index (κ3) is 11.6. The highest BCUT2D eigenvalue weighted by molar-refractivity contribution is 7.16. The summed E-state index contributed by atoms with van der Waals surface area (Å²) in [4.78, 5) is 90.0. The first-order valence-electron chi connectivity index (χ1n) is 29.7. The number of esters is 1. The van der Waals surface area contributed by atoms with Crippen molar-refractivity contribution >= 4 is 171 Å². The highest BCUT2D eigenvalue weighted by Crippen LogP contribution is 2.51. The maximum atomic E-state index is 13.8. The van der Waals surface area contributed by atoms with Gasteiger partial charge in [-0.05, 0) is 103 Å². The van der Waals surface area contributed by atoms with E-state index in [1.165, 1.54) is 19.1 Å². The van der Waals surface area contributed by atoms with E-state index in [0.717, 1.165) is 88.4 Å². The van der Waals surface area contributed by atoms with Crippen LogP contribution in [0.2, 0.25) is 0 Å². The van der Waals surface area contributed by atoms with Crippen LogP contribution in [0.5, 0.6) is 23.0 Å². The number of amides is 4. The minimum absolute atomic E-state index is 0.0109. The number of nitrogens with zero attached hydrogens (tertiary/aromatic N) is 4. The number of aromatic carboxylic acids is 1. The monoisotopic (exact) mass is 1370 g/mol. The number of phenols is 3. The fourth-order valence-corrected chi connectivity index (χ4v) is 15.9. The fourth-order valence-electron chi connectivity index (χ4n) is 13.2. The van der Waals surface area contributed by atoms with Gasteiger partial charge < -0.3 is 54.6 Å². The molecule has 4 amide bonds. The summed E-state index contributed by atoms with van der Waals surface area (Å²) < 4.78 is 10.9. The molecule has 0 fully saturated rings. The summed E-state index contributed by atoms with van der Waals surface area (Å²) in [7, 11) is 0. The fraction of sp³-hybridized carbons (Fsp3) is 0.275. The number of carbonyl (C=O) groups excluding carboxylic acids is 5. The molecule has 8 heterocycles. The Morgan fingerprint density at radius 3 is 1.31 bits per heavy atom. The van der Waals surface area contributed by atoms with Gasteiger partial charge in [0, 0.05) is 138 Å². The third-order valence-electron chi connectivity index (χ3n) is 17.2. The number of carbonyl (C=O) groups is 6. The lowest BCUT2D eigenvalue weighted by Crippen LogP contribution is -2.36. The largest absolute Gasteiger partial charge is 0.507 e. The molecule has 4 atom stereocenters. The zero-order valence-corrected chi connectivity index (χ0v) is 55.7. The molecule has 93 heavy (non-hydrogen) atoms. The summed E-state index contributed by atoms with van der Waals surface area (Å²) >= 11 is 27.1. The van der Waals surface area contributed by atoms with Gasteiger partial charge in [0.05, 0.1) is 48.4 Å². The van der Waals surface area contributed by atoms with Gasteiger partial charge in [0.1, 0.15) is 33.5 Å². The van der Waals surface area contributed by atoms with E-state index in [-0.39, 0.29) is 63.5 Å². The van der Waals surface area contributed by atoms with E-state index in [1.807, 2.05) is 95.5 Å². The van der Waals surface area contributed by atoms with Crippen LogP contribution in [0.1, 0.15) is 123 Å². The number of aromatic nitrogens is 2. The van der Waals surface area contributed by atoms with Crippen molar-refractivity contribution in [3.63, 3.8) is 0 Å². The number of rotatable bonds is 9. The Morgan fingerprint density at radius 1 is 0.516 bits per heavy atom. The van der Waals surface area contributed by atoms with Crippen LogP contribution in [0.3, 0.4) is 0 Å². The second-order valence-electron chi connectivity index (χ2n) is 24.3. The number of hydrogen-bond acceptors (Lipinski definition) is 13. The molecule has 10 aromatic rings. The number of aryl methyl sites for hydroxylation is 2. The molecule has 0 radical (unpaired) electrons. The molecule has 24 heteroatoms. The molecule has 6 aromatic carbocycles. The molecule has 6 N–H and O–H groups in total. The lowest BCUT2D eigenvalue weighted by Gasteiger charge is -2.25. The van der Waals surface area contributed by atoms with Gasteiger partial charge in [0.2, 0.25) is 0 Å². The van der Waals surface area contributed by atoms with E-state index in [4.69, 9.17) is 61.0 Å². The van der Waals surface area contributed by atoms with Gasteiger partial charge in [-0.2, -0.15) is 0 Å². The molecule has 4 aliphatic heterocycles. The lowest BCUT2D eigenvalue weighted by atomic mass is 9.95. The van der Waals surface area contributed by atoms with E-state index in [0.29, 0.717) is 104 Å². The Hall–Kier alpha value is -8.50. The molecule has 0 bridgehead atoms. The van der Waals surface area contributed by atoms with Crippen LogP contribution in [-0.4, -0.2) is 121 Å². The number of carboxylic acid groups (broad SMARTS) is 1. The molecular weight excluding hydrogens is 1310 g/mol. The van der Waals surface area contributed by atoms with Gasteiger partial charge in [-0.3, -0.25) is 24.1 Å². The van der Waals surface area contributed by atoms with Crippen LogP contribution in [0.25, 0.3) is 43.4 Å². The van der Waals surface area contributed by atoms with Crippen LogP contribution < -0.4 is 24.3 Å².